The van der Waals surface area contributed by atoms with Gasteiger partial charge < -0.3 is 14.2 Å². The molecule has 7 heteroatoms. The van der Waals surface area contributed by atoms with Crippen molar-refractivity contribution in [2.75, 3.05) is 27.1 Å². The van der Waals surface area contributed by atoms with Gasteiger partial charge in [-0.1, -0.05) is 23.4 Å². The molecule has 0 aromatic heterocycles. The largest absolute Gasteiger partial charge is 0.477 e. The maximum absolute atomic E-state index is 6.14. The Morgan fingerprint density at radius 1 is 1.27 bits per heavy atom. The number of hydrogen-bond donors (Lipinski definition) is 1. The Balaban J connectivity index is 2.89. The summed E-state index contributed by atoms with van der Waals surface area (Å²) in [5.41, 5.74) is 2.99. The first-order chi connectivity index (χ1) is 10.7. The second-order valence-corrected chi connectivity index (χ2v) is 4.07. The van der Waals surface area contributed by atoms with Crippen molar-refractivity contribution in [2.24, 2.45) is 4.99 Å². The van der Waals surface area contributed by atoms with Gasteiger partial charge in [-0.15, -0.1) is 12.8 Å². The van der Waals surface area contributed by atoms with E-state index in [-0.39, 0.29) is 20.0 Å². The van der Waals surface area contributed by atoms with Crippen molar-refractivity contribution >= 4 is 23.6 Å². The number of hydroxylamine groups is 1. The minimum absolute atomic E-state index is 0.0567. The highest BCUT2D eigenvalue weighted by Gasteiger charge is 2.12. The number of methoxy groups -OCH3 is 1. The third-order valence-corrected chi connectivity index (χ3v) is 2.41. The summed E-state index contributed by atoms with van der Waals surface area (Å²) < 4.78 is 15.4. The quantitative estimate of drug-likeness (QED) is 0.188. The van der Waals surface area contributed by atoms with E-state index in [1.54, 1.807) is 12.1 Å². The Morgan fingerprint density at radius 2 is 2.00 bits per heavy atom. The summed E-state index contributed by atoms with van der Waals surface area (Å²) in [6.45, 7) is 0.203. The summed E-state index contributed by atoms with van der Waals surface area (Å²) >= 11 is 6.14. The zero-order chi connectivity index (χ0) is 16.2. The number of nitrogens with zero attached hydrogens (tertiary/aromatic N) is 1. The van der Waals surface area contributed by atoms with Crippen molar-refractivity contribution < 1.29 is 19.0 Å². The minimum Gasteiger partial charge on any atom is -0.477 e. The first-order valence-electron chi connectivity index (χ1n) is 6.07. The minimum atomic E-state index is 0.0567. The van der Waals surface area contributed by atoms with Gasteiger partial charge in [0.1, 0.15) is 19.6 Å². The molecule has 6 nitrogen and oxygen atoms in total. The maximum Gasteiger partial charge on any atom is 0.181 e. The van der Waals surface area contributed by atoms with E-state index in [0.29, 0.717) is 22.2 Å². The number of aliphatic imine (C=N–C) groups is 1. The van der Waals surface area contributed by atoms with E-state index in [1.807, 2.05) is 0 Å². The molecule has 0 unspecified atom stereocenters. The Morgan fingerprint density at radius 3 is 2.68 bits per heavy atom. The standard InChI is InChI=1S/C15H15ClN2O4/c1-4-6-20-14-9-12(17-10-18-22-11-19-3)8-13(16)15(14)21-7-5-2/h1-2,8-10H,6-7,11H2,3H3,(H,17,18). The lowest BCUT2D eigenvalue weighted by Crippen LogP contribution is -2.13. The molecule has 22 heavy (non-hydrogen) atoms. The summed E-state index contributed by atoms with van der Waals surface area (Å²) in [6.07, 6.45) is 11.7. The van der Waals surface area contributed by atoms with E-state index in [1.165, 1.54) is 13.4 Å². The molecule has 0 spiro atoms. The van der Waals surface area contributed by atoms with Crippen LogP contribution in [0.4, 0.5) is 5.69 Å². The van der Waals surface area contributed by atoms with Gasteiger partial charge in [-0.25, -0.2) is 9.83 Å². The molecule has 116 valence electrons. The van der Waals surface area contributed by atoms with Crippen LogP contribution in [0.2, 0.25) is 5.02 Å². The molecule has 1 N–H and O–H groups in total. The van der Waals surface area contributed by atoms with Crippen molar-refractivity contribution in [3.63, 3.8) is 0 Å². The number of benzene rings is 1. The van der Waals surface area contributed by atoms with Crippen LogP contribution in [0.1, 0.15) is 0 Å². The van der Waals surface area contributed by atoms with E-state index in [2.05, 4.69) is 22.3 Å². The summed E-state index contributed by atoms with van der Waals surface area (Å²) in [5.74, 6) is 5.38. The van der Waals surface area contributed by atoms with Gasteiger partial charge in [-0.2, -0.15) is 0 Å². The lowest BCUT2D eigenvalue weighted by atomic mass is 10.2. The van der Waals surface area contributed by atoms with Crippen molar-refractivity contribution in [2.45, 2.75) is 0 Å². The molecule has 0 saturated heterocycles. The SMILES string of the molecule is C#CCOc1cc(N=CNOCOC)cc(Cl)c1OCC#C. The van der Waals surface area contributed by atoms with Crippen molar-refractivity contribution in [3.8, 4) is 36.2 Å². The number of terminal acetylenes is 2. The molecule has 0 aliphatic heterocycles. The van der Waals surface area contributed by atoms with Crippen LogP contribution < -0.4 is 15.0 Å². The van der Waals surface area contributed by atoms with E-state index < -0.39 is 0 Å². The number of rotatable bonds is 9. The molecule has 0 heterocycles. The smallest absolute Gasteiger partial charge is 0.181 e. The van der Waals surface area contributed by atoms with Gasteiger partial charge in [0.05, 0.1) is 10.7 Å². The summed E-state index contributed by atoms with van der Waals surface area (Å²) in [6, 6.07) is 3.20. The average molecular weight is 323 g/mol. The first-order valence-corrected chi connectivity index (χ1v) is 6.45. The van der Waals surface area contributed by atoms with Crippen LogP contribution in [0, 0.1) is 24.7 Å². The Bertz CT molecular complexity index is 590. The van der Waals surface area contributed by atoms with Crippen LogP contribution in [0.15, 0.2) is 17.1 Å². The molecule has 1 aromatic carbocycles. The highest BCUT2D eigenvalue weighted by Crippen LogP contribution is 2.39. The lowest BCUT2D eigenvalue weighted by molar-refractivity contribution is -0.0573. The van der Waals surface area contributed by atoms with Crippen LogP contribution in [0.5, 0.6) is 11.5 Å². The van der Waals surface area contributed by atoms with Crippen molar-refractivity contribution in [3.05, 3.63) is 17.2 Å². The third kappa shape index (κ3) is 5.94. The topological polar surface area (TPSA) is 61.3 Å². The zero-order valence-electron chi connectivity index (χ0n) is 12.0. The normalized spacial score (nSPS) is 10.0. The van der Waals surface area contributed by atoms with Gasteiger partial charge in [0.2, 0.25) is 0 Å². The molecule has 0 amide bonds. The van der Waals surface area contributed by atoms with Crippen molar-refractivity contribution in [1.29, 1.82) is 0 Å². The third-order valence-electron chi connectivity index (χ3n) is 2.13. The molecule has 0 bridgehead atoms. The molecule has 0 saturated carbocycles. The Labute approximate surface area is 134 Å². The molecule has 0 radical (unpaired) electrons. The molecule has 0 aliphatic rings. The molecular formula is C15H15ClN2O4. The molecule has 0 atom stereocenters. The highest BCUT2D eigenvalue weighted by atomic mass is 35.5. The van der Waals surface area contributed by atoms with Crippen LogP contribution >= 0.6 is 11.6 Å². The van der Waals surface area contributed by atoms with Crippen molar-refractivity contribution in [1.82, 2.24) is 5.48 Å². The lowest BCUT2D eigenvalue weighted by Gasteiger charge is -2.12. The van der Waals surface area contributed by atoms with Crippen LogP contribution in [0.25, 0.3) is 0 Å². The van der Waals surface area contributed by atoms with E-state index in [9.17, 15) is 0 Å². The van der Waals surface area contributed by atoms with Gasteiger partial charge >= 0.3 is 0 Å². The maximum atomic E-state index is 6.14. The molecule has 1 aromatic rings. The van der Waals surface area contributed by atoms with Gasteiger partial charge in [0, 0.05) is 13.2 Å². The number of hydrogen-bond acceptors (Lipinski definition) is 5. The Hall–Kier alpha value is -2.38. The Kier molecular flexibility index (Phi) is 8.32. The van der Waals surface area contributed by atoms with Gasteiger partial charge in [-0.3, -0.25) is 5.48 Å². The van der Waals surface area contributed by atoms with Gasteiger partial charge in [0.15, 0.2) is 18.3 Å². The highest BCUT2D eigenvalue weighted by molar-refractivity contribution is 6.32. The summed E-state index contributed by atoms with van der Waals surface area (Å²) in [7, 11) is 1.50. The van der Waals surface area contributed by atoms with Crippen LogP contribution in [0.3, 0.4) is 0 Å². The molecule has 0 aliphatic carbocycles. The van der Waals surface area contributed by atoms with Crippen LogP contribution in [-0.2, 0) is 9.57 Å². The predicted octanol–water partition coefficient (Wildman–Crippen LogP) is 2.15. The summed E-state index contributed by atoms with van der Waals surface area (Å²) in [5, 5.41) is 0.301. The molecule has 0 fully saturated rings. The van der Waals surface area contributed by atoms with Crippen LogP contribution in [-0.4, -0.2) is 33.5 Å². The molecule has 1 rings (SSSR count). The zero-order valence-corrected chi connectivity index (χ0v) is 12.7. The second-order valence-electron chi connectivity index (χ2n) is 3.67. The van der Waals surface area contributed by atoms with Gasteiger partial charge in [-0.05, 0) is 6.07 Å². The number of nitrogens with one attached hydrogen (secondary N) is 1. The number of ether oxygens (including phenoxy) is 3. The fourth-order valence-electron chi connectivity index (χ4n) is 1.34. The fourth-order valence-corrected chi connectivity index (χ4v) is 1.60. The molecular weight excluding hydrogens is 308 g/mol. The fraction of sp³-hybridized carbons (Fsp3) is 0.267. The predicted molar refractivity (Wildman–Crippen MR) is 84.4 cm³/mol. The first kappa shape index (κ1) is 17.7. The van der Waals surface area contributed by atoms with E-state index in [4.69, 9.17) is 43.5 Å². The monoisotopic (exact) mass is 322 g/mol. The van der Waals surface area contributed by atoms with E-state index >= 15 is 0 Å². The van der Waals surface area contributed by atoms with E-state index in [0.717, 1.165) is 0 Å². The summed E-state index contributed by atoms with van der Waals surface area (Å²) in [4.78, 5) is 8.95. The average Bonchev–Trinajstić information content (AvgIpc) is 2.51. The second kappa shape index (κ2) is 10.4. The van der Waals surface area contributed by atoms with Gasteiger partial charge in [0.25, 0.3) is 0 Å². The number of halogens is 1.